The Hall–Kier alpha value is -3.08. The number of nitrogens with zero attached hydrogens (tertiary/aromatic N) is 6. The van der Waals surface area contributed by atoms with Gasteiger partial charge in [0.2, 0.25) is 5.65 Å². The molecule has 156 valence electrons. The Morgan fingerprint density at radius 3 is 2.60 bits per heavy atom. The summed E-state index contributed by atoms with van der Waals surface area (Å²) in [6.07, 6.45) is 5.45. The first kappa shape index (κ1) is 20.2. The summed E-state index contributed by atoms with van der Waals surface area (Å²) in [6, 6.07) is 5.77. The number of aryl methyl sites for hydroxylation is 1. The van der Waals surface area contributed by atoms with E-state index in [1.807, 2.05) is 45.9 Å². The number of alkyl halides is 2. The second kappa shape index (κ2) is 7.01. The molecule has 0 N–H and O–H groups in total. The summed E-state index contributed by atoms with van der Waals surface area (Å²) in [5, 5.41) is 9.10. The van der Waals surface area contributed by atoms with E-state index < -0.39 is 5.92 Å². The maximum Gasteiger partial charge on any atom is 0.266 e. The minimum Gasteiger partial charge on any atom is -0.348 e. The minimum atomic E-state index is -2.74. The van der Waals surface area contributed by atoms with Crippen LogP contribution in [0.2, 0.25) is 0 Å². The first-order chi connectivity index (χ1) is 14.1. The van der Waals surface area contributed by atoms with Gasteiger partial charge < -0.3 is 4.90 Å². The van der Waals surface area contributed by atoms with Gasteiger partial charge in [-0.1, -0.05) is 38.8 Å². The van der Waals surface area contributed by atoms with E-state index in [2.05, 4.69) is 26.1 Å². The van der Waals surface area contributed by atoms with Gasteiger partial charge in [-0.2, -0.15) is 4.80 Å². The fourth-order valence-corrected chi connectivity index (χ4v) is 3.57. The van der Waals surface area contributed by atoms with Crippen molar-refractivity contribution in [3.63, 3.8) is 0 Å². The molecule has 8 heteroatoms. The number of rotatable bonds is 3. The second-order valence-corrected chi connectivity index (χ2v) is 8.80. The molecule has 0 atom stereocenters. The van der Waals surface area contributed by atoms with Gasteiger partial charge in [-0.05, 0) is 24.1 Å². The maximum absolute atomic E-state index is 13.9. The highest BCUT2D eigenvalue weighted by Gasteiger charge is 2.40. The summed E-state index contributed by atoms with van der Waals surface area (Å²) >= 11 is 0. The van der Waals surface area contributed by atoms with Gasteiger partial charge in [-0.15, -0.1) is 16.6 Å². The standard InChI is InChI=1S/C22H24F2N6/c1-6-15-9-7-8-14(2)16(15)12-30-27-17-18(28-30)25-20(21(3,4)5)26-19(17)29-11-10-22(23,24)13-29/h1,7-9H,10-13H2,2-5H3. The average molecular weight is 410 g/mol. The Bertz CT molecular complexity index is 1150. The first-order valence-corrected chi connectivity index (χ1v) is 9.89. The molecule has 6 nitrogen and oxygen atoms in total. The smallest absolute Gasteiger partial charge is 0.266 e. The van der Waals surface area contributed by atoms with Crippen molar-refractivity contribution in [1.82, 2.24) is 25.0 Å². The van der Waals surface area contributed by atoms with Crippen LogP contribution in [0.3, 0.4) is 0 Å². The van der Waals surface area contributed by atoms with Crippen LogP contribution < -0.4 is 4.90 Å². The fraction of sp³-hybridized carbons (Fsp3) is 0.455. The highest BCUT2D eigenvalue weighted by atomic mass is 19.3. The Labute approximate surface area is 174 Å². The van der Waals surface area contributed by atoms with Crippen molar-refractivity contribution in [2.75, 3.05) is 18.0 Å². The van der Waals surface area contributed by atoms with Crippen LogP contribution in [-0.2, 0) is 12.0 Å². The number of fused-ring (bicyclic) bond motifs is 1. The Morgan fingerprint density at radius 2 is 1.97 bits per heavy atom. The molecule has 1 saturated heterocycles. The first-order valence-electron chi connectivity index (χ1n) is 9.89. The molecule has 0 saturated carbocycles. The average Bonchev–Trinajstić information content (AvgIpc) is 3.24. The van der Waals surface area contributed by atoms with Gasteiger partial charge in [0.15, 0.2) is 11.3 Å². The maximum atomic E-state index is 13.9. The van der Waals surface area contributed by atoms with E-state index in [-0.39, 0.29) is 24.9 Å². The molecular weight excluding hydrogens is 386 g/mol. The highest BCUT2D eigenvalue weighted by molar-refractivity contribution is 5.82. The van der Waals surface area contributed by atoms with E-state index in [1.165, 1.54) is 4.80 Å². The van der Waals surface area contributed by atoms with E-state index >= 15 is 0 Å². The molecule has 30 heavy (non-hydrogen) atoms. The molecule has 0 bridgehead atoms. The van der Waals surface area contributed by atoms with E-state index in [9.17, 15) is 8.78 Å². The van der Waals surface area contributed by atoms with Gasteiger partial charge in [0.1, 0.15) is 5.82 Å². The summed E-state index contributed by atoms with van der Waals surface area (Å²) < 4.78 is 27.8. The summed E-state index contributed by atoms with van der Waals surface area (Å²) in [5.41, 5.74) is 3.22. The largest absolute Gasteiger partial charge is 0.348 e. The fourth-order valence-electron chi connectivity index (χ4n) is 3.57. The number of anilines is 1. The summed E-state index contributed by atoms with van der Waals surface area (Å²) in [7, 11) is 0. The van der Waals surface area contributed by atoms with Crippen molar-refractivity contribution in [3.8, 4) is 12.3 Å². The molecule has 0 amide bonds. The topological polar surface area (TPSA) is 59.7 Å². The van der Waals surface area contributed by atoms with Gasteiger partial charge in [0.25, 0.3) is 5.92 Å². The van der Waals surface area contributed by atoms with E-state index in [1.54, 1.807) is 4.90 Å². The van der Waals surface area contributed by atoms with Gasteiger partial charge in [-0.3, -0.25) is 0 Å². The van der Waals surface area contributed by atoms with Crippen molar-refractivity contribution in [1.29, 1.82) is 0 Å². The van der Waals surface area contributed by atoms with Crippen LogP contribution in [0.1, 0.15) is 49.7 Å². The van der Waals surface area contributed by atoms with Crippen molar-refractivity contribution in [3.05, 3.63) is 40.7 Å². The third-order valence-corrected chi connectivity index (χ3v) is 5.28. The quantitative estimate of drug-likeness (QED) is 0.616. The van der Waals surface area contributed by atoms with Gasteiger partial charge in [-0.25, -0.2) is 18.7 Å². The molecule has 0 spiro atoms. The lowest BCUT2D eigenvalue weighted by molar-refractivity contribution is 0.0257. The lowest BCUT2D eigenvalue weighted by Gasteiger charge is -2.21. The molecule has 3 aromatic rings. The minimum absolute atomic E-state index is 0.202. The zero-order valence-corrected chi connectivity index (χ0v) is 17.6. The van der Waals surface area contributed by atoms with Crippen molar-refractivity contribution >= 4 is 17.0 Å². The van der Waals surface area contributed by atoms with Crippen LogP contribution in [0, 0.1) is 19.3 Å². The number of benzene rings is 1. The molecule has 1 aromatic carbocycles. The summed E-state index contributed by atoms with van der Waals surface area (Å²) in [5.74, 6) is 0.919. The van der Waals surface area contributed by atoms with Crippen LogP contribution in [0.5, 0.6) is 0 Å². The van der Waals surface area contributed by atoms with Crippen LogP contribution in [-0.4, -0.2) is 44.0 Å². The van der Waals surface area contributed by atoms with Gasteiger partial charge in [0, 0.05) is 23.9 Å². The SMILES string of the molecule is C#Cc1cccc(C)c1Cn1nc2nc(C(C)(C)C)nc(N3CCC(F)(F)C3)c2n1. The van der Waals surface area contributed by atoms with Gasteiger partial charge >= 0.3 is 0 Å². The van der Waals surface area contributed by atoms with Crippen LogP contribution in [0.15, 0.2) is 18.2 Å². The second-order valence-electron chi connectivity index (χ2n) is 8.80. The lowest BCUT2D eigenvalue weighted by Crippen LogP contribution is -2.27. The van der Waals surface area contributed by atoms with E-state index in [0.29, 0.717) is 29.4 Å². The Morgan fingerprint density at radius 1 is 1.20 bits per heavy atom. The number of hydrogen-bond acceptors (Lipinski definition) is 5. The number of halogens is 2. The molecule has 0 aliphatic carbocycles. The molecule has 0 radical (unpaired) electrons. The van der Waals surface area contributed by atoms with Crippen molar-refractivity contribution in [2.24, 2.45) is 0 Å². The molecule has 1 aliphatic rings. The number of terminal acetylenes is 1. The number of aromatic nitrogens is 5. The predicted octanol–water partition coefficient (Wildman–Crippen LogP) is 3.70. The Kier molecular flexibility index (Phi) is 4.72. The van der Waals surface area contributed by atoms with E-state index in [4.69, 9.17) is 6.42 Å². The molecule has 4 rings (SSSR count). The van der Waals surface area contributed by atoms with Crippen LogP contribution >= 0.6 is 0 Å². The summed E-state index contributed by atoms with van der Waals surface area (Å²) in [6.45, 7) is 8.12. The van der Waals surface area contributed by atoms with Crippen molar-refractivity contribution < 1.29 is 8.78 Å². The molecule has 2 aromatic heterocycles. The van der Waals surface area contributed by atoms with E-state index in [0.717, 1.165) is 16.7 Å². The van der Waals surface area contributed by atoms with Crippen LogP contribution in [0.4, 0.5) is 14.6 Å². The predicted molar refractivity (Wildman–Crippen MR) is 112 cm³/mol. The lowest BCUT2D eigenvalue weighted by atomic mass is 9.96. The molecular formula is C22H24F2N6. The molecule has 3 heterocycles. The van der Waals surface area contributed by atoms with Crippen LogP contribution in [0.25, 0.3) is 11.2 Å². The normalized spacial score (nSPS) is 16.2. The zero-order chi connectivity index (χ0) is 21.7. The Balaban J connectivity index is 1.82. The van der Waals surface area contributed by atoms with Gasteiger partial charge in [0.05, 0.1) is 13.1 Å². The molecule has 0 unspecified atom stereocenters. The third-order valence-electron chi connectivity index (χ3n) is 5.28. The third kappa shape index (κ3) is 3.72. The highest BCUT2D eigenvalue weighted by Crippen LogP contribution is 2.34. The zero-order valence-electron chi connectivity index (χ0n) is 17.6. The molecule has 1 aliphatic heterocycles. The molecule has 1 fully saturated rings. The van der Waals surface area contributed by atoms with Crippen molar-refractivity contribution in [2.45, 2.75) is 52.0 Å². The monoisotopic (exact) mass is 410 g/mol. The number of hydrogen-bond donors (Lipinski definition) is 0. The summed E-state index contributed by atoms with van der Waals surface area (Å²) in [4.78, 5) is 12.3.